The fraction of sp³-hybridized carbons (Fsp3) is 0.929. The van der Waals surface area contributed by atoms with E-state index in [0.29, 0.717) is 64.9 Å². The summed E-state index contributed by atoms with van der Waals surface area (Å²) in [5.74, 6) is -0.508. The van der Waals surface area contributed by atoms with E-state index in [1.165, 1.54) is 0 Å². The lowest BCUT2D eigenvalue weighted by Crippen LogP contribution is -2.44. The molecule has 2 N–H and O–H groups in total. The first-order valence-corrected chi connectivity index (χ1v) is 14.1. The van der Waals surface area contributed by atoms with Crippen molar-refractivity contribution in [1.29, 1.82) is 0 Å². The lowest BCUT2D eigenvalue weighted by molar-refractivity contribution is -0.157. The Kier molecular flexibility index (Phi) is 17.3. The molecule has 0 aromatic carbocycles. The highest BCUT2D eigenvalue weighted by Gasteiger charge is 2.24. The highest BCUT2D eigenvalue weighted by atomic mass is 16.6. The van der Waals surface area contributed by atoms with Gasteiger partial charge in [-0.1, -0.05) is 0 Å². The van der Waals surface area contributed by atoms with Gasteiger partial charge < -0.3 is 34.2 Å². The molecule has 1 rings (SSSR count). The van der Waals surface area contributed by atoms with E-state index in [4.69, 9.17) is 34.2 Å². The Labute approximate surface area is 230 Å². The van der Waals surface area contributed by atoms with Crippen molar-refractivity contribution in [3.05, 3.63) is 0 Å². The fourth-order valence-corrected chi connectivity index (χ4v) is 4.05. The van der Waals surface area contributed by atoms with Gasteiger partial charge in [0.25, 0.3) is 0 Å². The van der Waals surface area contributed by atoms with E-state index in [-0.39, 0.29) is 24.8 Å². The van der Waals surface area contributed by atoms with Crippen LogP contribution in [0.25, 0.3) is 0 Å². The number of hydrogen-bond donors (Lipinski definition) is 1. The first kappa shape index (κ1) is 34.7. The fourth-order valence-electron chi connectivity index (χ4n) is 4.05. The van der Waals surface area contributed by atoms with Crippen LogP contribution in [-0.4, -0.2) is 106 Å². The van der Waals surface area contributed by atoms with E-state index >= 15 is 0 Å². The molecule has 0 atom stereocenters. The van der Waals surface area contributed by atoms with Gasteiger partial charge in [-0.2, -0.15) is 0 Å². The molecule has 0 saturated heterocycles. The Balaban J connectivity index is 2.17. The minimum Gasteiger partial charge on any atom is -0.460 e. The summed E-state index contributed by atoms with van der Waals surface area (Å²) >= 11 is 0. The van der Waals surface area contributed by atoms with Crippen molar-refractivity contribution in [3.8, 4) is 0 Å². The molecule has 0 aromatic rings. The first-order chi connectivity index (χ1) is 17.9. The highest BCUT2D eigenvalue weighted by Crippen LogP contribution is 2.22. The number of nitrogens with two attached hydrogens (primary N) is 1. The summed E-state index contributed by atoms with van der Waals surface area (Å²) in [6.07, 6.45) is 4.73. The topological polar surface area (TPSA) is 119 Å². The third-order valence-electron chi connectivity index (χ3n) is 5.79. The number of hydrogen-bond acceptors (Lipinski definition) is 10. The van der Waals surface area contributed by atoms with E-state index < -0.39 is 11.2 Å². The second kappa shape index (κ2) is 18.9. The van der Waals surface area contributed by atoms with Crippen molar-refractivity contribution < 1.29 is 38.0 Å². The van der Waals surface area contributed by atoms with Gasteiger partial charge in [-0.25, -0.2) is 0 Å². The minimum atomic E-state index is -0.475. The molecule has 10 nitrogen and oxygen atoms in total. The Hall–Kier alpha value is -1.30. The van der Waals surface area contributed by atoms with Crippen molar-refractivity contribution in [3.63, 3.8) is 0 Å². The van der Waals surface area contributed by atoms with Crippen LogP contribution >= 0.6 is 0 Å². The summed E-state index contributed by atoms with van der Waals surface area (Å²) in [7, 11) is 0. The standard InChI is InChI=1S/C28H54N2O8/c1-27(2,3)37-25(31)11-15-33-19-21-35-17-13-30(24-9-7-23(29)8-10-24)14-18-36-22-20-34-16-12-26(32)38-28(4,5)6/h23-24H,7-22,29H2,1-6H3. The van der Waals surface area contributed by atoms with E-state index in [9.17, 15) is 9.59 Å². The van der Waals surface area contributed by atoms with Gasteiger partial charge in [0.2, 0.25) is 0 Å². The molecular formula is C28H54N2O8. The smallest absolute Gasteiger partial charge is 0.308 e. The van der Waals surface area contributed by atoms with Crippen LogP contribution in [0.1, 0.15) is 80.1 Å². The van der Waals surface area contributed by atoms with Gasteiger partial charge in [0, 0.05) is 25.2 Å². The van der Waals surface area contributed by atoms with Gasteiger partial charge in [0.1, 0.15) is 11.2 Å². The maximum atomic E-state index is 11.7. The maximum absolute atomic E-state index is 11.7. The lowest BCUT2D eigenvalue weighted by atomic mass is 9.91. The Morgan fingerprint density at radius 1 is 0.632 bits per heavy atom. The molecule has 0 bridgehead atoms. The molecule has 38 heavy (non-hydrogen) atoms. The molecule has 0 spiro atoms. The molecule has 0 heterocycles. The summed E-state index contributed by atoms with van der Waals surface area (Å²) in [5, 5.41) is 0. The monoisotopic (exact) mass is 546 g/mol. The second-order valence-electron chi connectivity index (χ2n) is 11.7. The van der Waals surface area contributed by atoms with Crippen LogP contribution in [-0.2, 0) is 38.0 Å². The summed E-state index contributed by atoms with van der Waals surface area (Å²) in [6.45, 7) is 16.4. The molecule has 0 aliphatic heterocycles. The molecule has 0 amide bonds. The molecule has 0 aromatic heterocycles. The Morgan fingerprint density at radius 3 is 1.37 bits per heavy atom. The van der Waals surface area contributed by atoms with E-state index in [0.717, 1.165) is 38.8 Å². The SMILES string of the molecule is CC(C)(C)OC(=O)CCOCCOCCN(CCOCCOCCC(=O)OC(C)(C)C)C1CCC(N)CC1. The molecule has 10 heteroatoms. The van der Waals surface area contributed by atoms with Crippen molar-refractivity contribution >= 4 is 11.9 Å². The third-order valence-corrected chi connectivity index (χ3v) is 5.79. The first-order valence-electron chi connectivity index (χ1n) is 14.1. The molecule has 224 valence electrons. The number of carbonyl (C=O) groups is 2. The summed E-state index contributed by atoms with van der Waals surface area (Å²) in [6, 6.07) is 0.786. The number of esters is 2. The zero-order chi connectivity index (χ0) is 28.4. The summed E-state index contributed by atoms with van der Waals surface area (Å²) < 4.78 is 33.1. The van der Waals surface area contributed by atoms with Crippen molar-refractivity contribution in [2.24, 2.45) is 5.73 Å². The van der Waals surface area contributed by atoms with Crippen LogP contribution < -0.4 is 5.73 Å². The molecule has 0 radical (unpaired) electrons. The second-order valence-corrected chi connectivity index (χ2v) is 11.7. The molecule has 1 aliphatic carbocycles. The molecule has 0 unspecified atom stereocenters. The van der Waals surface area contributed by atoms with Gasteiger partial charge >= 0.3 is 11.9 Å². The summed E-state index contributed by atoms with van der Waals surface area (Å²) in [5.41, 5.74) is 5.15. The maximum Gasteiger partial charge on any atom is 0.308 e. The Morgan fingerprint density at radius 2 is 1.00 bits per heavy atom. The van der Waals surface area contributed by atoms with Crippen LogP contribution in [0.3, 0.4) is 0 Å². The van der Waals surface area contributed by atoms with E-state index in [1.807, 2.05) is 41.5 Å². The van der Waals surface area contributed by atoms with Crippen molar-refractivity contribution in [1.82, 2.24) is 4.90 Å². The zero-order valence-electron chi connectivity index (χ0n) is 24.8. The number of carbonyl (C=O) groups excluding carboxylic acids is 2. The minimum absolute atomic E-state index is 0.240. The molecule has 1 aliphatic rings. The van der Waals surface area contributed by atoms with Crippen LogP contribution in [0.5, 0.6) is 0 Å². The molecular weight excluding hydrogens is 492 g/mol. The quantitative estimate of drug-likeness (QED) is 0.191. The predicted molar refractivity (Wildman–Crippen MR) is 146 cm³/mol. The van der Waals surface area contributed by atoms with Gasteiger partial charge in [0.15, 0.2) is 0 Å². The van der Waals surface area contributed by atoms with Gasteiger partial charge in [-0.15, -0.1) is 0 Å². The highest BCUT2D eigenvalue weighted by molar-refractivity contribution is 5.70. The van der Waals surface area contributed by atoms with Crippen LogP contribution in [0.15, 0.2) is 0 Å². The van der Waals surface area contributed by atoms with Crippen LogP contribution in [0, 0.1) is 0 Å². The third kappa shape index (κ3) is 19.7. The van der Waals surface area contributed by atoms with Crippen molar-refractivity contribution in [2.45, 2.75) is 103 Å². The molecule has 1 saturated carbocycles. The van der Waals surface area contributed by atoms with Gasteiger partial charge in [-0.3, -0.25) is 14.5 Å². The van der Waals surface area contributed by atoms with Crippen LogP contribution in [0.4, 0.5) is 0 Å². The van der Waals surface area contributed by atoms with E-state index in [2.05, 4.69) is 4.90 Å². The summed E-state index contributed by atoms with van der Waals surface area (Å²) in [4.78, 5) is 25.8. The largest absolute Gasteiger partial charge is 0.460 e. The van der Waals surface area contributed by atoms with E-state index in [1.54, 1.807) is 0 Å². The average Bonchev–Trinajstić information content (AvgIpc) is 2.79. The van der Waals surface area contributed by atoms with Crippen LogP contribution in [0.2, 0.25) is 0 Å². The zero-order valence-corrected chi connectivity index (χ0v) is 24.8. The normalized spacial score (nSPS) is 18.5. The molecule has 1 fully saturated rings. The number of ether oxygens (including phenoxy) is 6. The lowest BCUT2D eigenvalue weighted by Gasteiger charge is -2.36. The predicted octanol–water partition coefficient (Wildman–Crippen LogP) is 3.09. The average molecular weight is 547 g/mol. The van der Waals surface area contributed by atoms with Crippen molar-refractivity contribution in [2.75, 3.05) is 65.9 Å². The number of rotatable bonds is 19. The Bertz CT molecular complexity index is 596. The van der Waals surface area contributed by atoms with Gasteiger partial charge in [-0.05, 0) is 67.2 Å². The van der Waals surface area contributed by atoms with Gasteiger partial charge in [0.05, 0.1) is 65.7 Å². The number of nitrogens with zero attached hydrogens (tertiary/aromatic N) is 1.